The molecule has 0 saturated carbocycles. The second-order valence-electron chi connectivity index (χ2n) is 11.5. The molecule has 1 N–H and O–H groups in total. The Morgan fingerprint density at radius 1 is 0.976 bits per heavy atom. The molecule has 3 aliphatic heterocycles. The van der Waals surface area contributed by atoms with Crippen LogP contribution in [0.3, 0.4) is 0 Å². The molecule has 42 heavy (non-hydrogen) atoms. The van der Waals surface area contributed by atoms with E-state index in [9.17, 15) is 19.2 Å². The highest BCUT2D eigenvalue weighted by Crippen LogP contribution is 2.34. The largest absolute Gasteiger partial charge is 0.322 e. The number of aromatic nitrogens is 4. The van der Waals surface area contributed by atoms with E-state index in [1.54, 1.807) is 28.3 Å². The number of likely N-dealkylation sites (tertiary alicyclic amines) is 1. The molecule has 0 bridgehead atoms. The van der Waals surface area contributed by atoms with Crippen molar-refractivity contribution < 1.29 is 14.4 Å². The molecule has 7 rings (SSSR count). The standard InChI is InChI=1S/C31H31N7O4/c1-35-17-32-14-28(35)38-18-33-25-5-2-19(12-24(25)31(38)42)15-36-10-8-20(9-11-36)21-3-4-23-22(13-21)16-37(30(23)41)26-6-7-27(39)34-29(26)40/h2-5,12-14,17-18,20,26H,6-11,15-16H2,1H3,(H,34,39,40). The fourth-order valence-electron chi connectivity index (χ4n) is 6.54. The Morgan fingerprint density at radius 3 is 2.57 bits per heavy atom. The lowest BCUT2D eigenvalue weighted by Crippen LogP contribution is -2.52. The van der Waals surface area contributed by atoms with Gasteiger partial charge in [0.15, 0.2) is 0 Å². The molecule has 214 valence electrons. The number of fused-ring (bicyclic) bond motifs is 2. The summed E-state index contributed by atoms with van der Waals surface area (Å²) in [5.74, 6) is 0.246. The zero-order valence-corrected chi connectivity index (χ0v) is 23.3. The molecular weight excluding hydrogens is 534 g/mol. The van der Waals surface area contributed by atoms with Gasteiger partial charge < -0.3 is 9.47 Å². The first-order valence-corrected chi connectivity index (χ1v) is 14.3. The lowest BCUT2D eigenvalue weighted by Gasteiger charge is -2.32. The van der Waals surface area contributed by atoms with Gasteiger partial charge in [-0.05, 0) is 73.2 Å². The lowest BCUT2D eigenvalue weighted by molar-refractivity contribution is -0.136. The summed E-state index contributed by atoms with van der Waals surface area (Å²) in [5, 5.41) is 2.95. The van der Waals surface area contributed by atoms with Crippen molar-refractivity contribution >= 4 is 28.6 Å². The van der Waals surface area contributed by atoms with Crippen molar-refractivity contribution in [3.63, 3.8) is 0 Å². The molecule has 11 nitrogen and oxygen atoms in total. The summed E-state index contributed by atoms with van der Waals surface area (Å²) in [6.45, 7) is 3.00. The molecule has 0 aliphatic carbocycles. The number of imide groups is 1. The van der Waals surface area contributed by atoms with Crippen LogP contribution in [0.25, 0.3) is 16.7 Å². The lowest BCUT2D eigenvalue weighted by atomic mass is 9.87. The summed E-state index contributed by atoms with van der Waals surface area (Å²) in [4.78, 5) is 62.9. The van der Waals surface area contributed by atoms with E-state index < -0.39 is 6.04 Å². The highest BCUT2D eigenvalue weighted by Gasteiger charge is 2.39. The molecular formula is C31H31N7O4. The Kier molecular flexibility index (Phi) is 6.46. The Hall–Kier alpha value is -4.64. The van der Waals surface area contributed by atoms with E-state index in [1.807, 2.05) is 31.3 Å². The number of carbonyl (C=O) groups excluding carboxylic acids is 3. The van der Waals surface area contributed by atoms with Crippen molar-refractivity contribution in [2.75, 3.05) is 13.1 Å². The Bertz CT molecular complexity index is 1800. The molecule has 2 fully saturated rings. The summed E-state index contributed by atoms with van der Waals surface area (Å²) in [6.07, 6.45) is 7.45. The molecule has 0 spiro atoms. The number of carbonyl (C=O) groups is 3. The second-order valence-corrected chi connectivity index (χ2v) is 11.5. The first-order chi connectivity index (χ1) is 20.4. The molecule has 3 amide bonds. The van der Waals surface area contributed by atoms with Crippen LogP contribution < -0.4 is 10.9 Å². The normalized spacial score (nSPS) is 19.9. The third-order valence-corrected chi connectivity index (χ3v) is 8.87. The van der Waals surface area contributed by atoms with E-state index >= 15 is 0 Å². The molecule has 5 heterocycles. The van der Waals surface area contributed by atoms with E-state index in [1.165, 1.54) is 10.1 Å². The highest BCUT2D eigenvalue weighted by molar-refractivity contribution is 6.05. The number of piperidine rings is 2. The second kappa shape index (κ2) is 10.3. The van der Waals surface area contributed by atoms with Crippen LogP contribution in [0.4, 0.5) is 0 Å². The van der Waals surface area contributed by atoms with E-state index in [0.717, 1.165) is 43.6 Å². The van der Waals surface area contributed by atoms with Crippen LogP contribution >= 0.6 is 0 Å². The summed E-state index contributed by atoms with van der Waals surface area (Å²) < 4.78 is 3.31. The van der Waals surface area contributed by atoms with Gasteiger partial charge in [-0.15, -0.1) is 0 Å². The van der Waals surface area contributed by atoms with Gasteiger partial charge in [-0.3, -0.25) is 34.0 Å². The van der Waals surface area contributed by atoms with Gasteiger partial charge in [0.1, 0.15) is 18.2 Å². The maximum absolute atomic E-state index is 13.3. The highest BCUT2D eigenvalue weighted by atomic mass is 16.2. The van der Waals surface area contributed by atoms with E-state index in [4.69, 9.17) is 0 Å². The summed E-state index contributed by atoms with van der Waals surface area (Å²) in [7, 11) is 1.84. The Balaban J connectivity index is 1.02. The average molecular weight is 566 g/mol. The zero-order valence-electron chi connectivity index (χ0n) is 23.3. The predicted molar refractivity (Wildman–Crippen MR) is 154 cm³/mol. The Labute approximate surface area is 241 Å². The minimum atomic E-state index is -0.599. The van der Waals surface area contributed by atoms with Crippen molar-refractivity contribution in [3.8, 4) is 5.82 Å². The number of benzene rings is 2. The summed E-state index contributed by atoms with van der Waals surface area (Å²) in [5.41, 5.74) is 4.45. The predicted octanol–water partition coefficient (Wildman–Crippen LogP) is 2.26. The fourth-order valence-corrected chi connectivity index (χ4v) is 6.54. The fraction of sp³-hybridized carbons (Fsp3) is 0.355. The van der Waals surface area contributed by atoms with Gasteiger partial charge in [-0.2, -0.15) is 0 Å². The van der Waals surface area contributed by atoms with E-state index in [0.29, 0.717) is 41.2 Å². The molecule has 1 unspecified atom stereocenters. The zero-order chi connectivity index (χ0) is 29.0. The maximum atomic E-state index is 13.3. The van der Waals surface area contributed by atoms with Gasteiger partial charge in [0.05, 0.1) is 23.4 Å². The van der Waals surface area contributed by atoms with Crippen molar-refractivity contribution in [1.82, 2.24) is 34.2 Å². The number of rotatable bonds is 5. The molecule has 11 heteroatoms. The molecule has 2 saturated heterocycles. The third-order valence-electron chi connectivity index (χ3n) is 8.87. The molecule has 4 aromatic rings. The number of hydrogen-bond acceptors (Lipinski definition) is 7. The molecule has 1 atom stereocenters. The average Bonchev–Trinajstić information content (AvgIpc) is 3.56. The van der Waals surface area contributed by atoms with Gasteiger partial charge in [0.25, 0.3) is 11.5 Å². The minimum Gasteiger partial charge on any atom is -0.322 e. The van der Waals surface area contributed by atoms with Crippen molar-refractivity contribution in [1.29, 1.82) is 0 Å². The van der Waals surface area contributed by atoms with Crippen LogP contribution in [0, 0.1) is 0 Å². The van der Waals surface area contributed by atoms with Gasteiger partial charge in [-0.25, -0.2) is 9.97 Å². The molecule has 2 aromatic carbocycles. The first kappa shape index (κ1) is 26.3. The minimum absolute atomic E-state index is 0.115. The van der Waals surface area contributed by atoms with Gasteiger partial charge in [-0.1, -0.05) is 18.2 Å². The summed E-state index contributed by atoms with van der Waals surface area (Å²) >= 11 is 0. The van der Waals surface area contributed by atoms with Crippen LogP contribution in [0.5, 0.6) is 0 Å². The quantitative estimate of drug-likeness (QED) is 0.369. The van der Waals surface area contributed by atoms with Crippen LogP contribution in [-0.2, 0) is 29.7 Å². The van der Waals surface area contributed by atoms with Crippen molar-refractivity contribution in [2.24, 2.45) is 7.05 Å². The molecule has 2 aromatic heterocycles. The molecule has 3 aliphatic rings. The van der Waals surface area contributed by atoms with Crippen molar-refractivity contribution in [3.05, 3.63) is 87.9 Å². The first-order valence-electron chi connectivity index (χ1n) is 14.3. The van der Waals surface area contributed by atoms with Gasteiger partial charge in [0, 0.05) is 32.1 Å². The number of nitrogens with zero attached hydrogens (tertiary/aromatic N) is 6. The van der Waals surface area contributed by atoms with Crippen molar-refractivity contribution in [2.45, 2.75) is 50.7 Å². The summed E-state index contributed by atoms with van der Waals surface area (Å²) in [6, 6.07) is 11.4. The number of hydrogen-bond donors (Lipinski definition) is 1. The van der Waals surface area contributed by atoms with Crippen LogP contribution in [-0.4, -0.2) is 65.8 Å². The monoisotopic (exact) mass is 565 g/mol. The number of amides is 3. The van der Waals surface area contributed by atoms with Crippen LogP contribution in [0.15, 0.2) is 60.0 Å². The molecule has 0 radical (unpaired) electrons. The van der Waals surface area contributed by atoms with E-state index in [-0.39, 0.29) is 29.7 Å². The topological polar surface area (TPSA) is 122 Å². The van der Waals surface area contributed by atoms with E-state index in [2.05, 4.69) is 32.3 Å². The smallest absolute Gasteiger partial charge is 0.266 e. The number of nitrogens with one attached hydrogen (secondary N) is 1. The SMILES string of the molecule is Cn1cncc1-n1cnc2ccc(CN3CCC(c4ccc5c(c4)CN(C4CCC(=O)NC4=O)C5=O)CC3)cc2c1=O. The van der Waals surface area contributed by atoms with Crippen LogP contribution in [0.1, 0.15) is 58.6 Å². The Morgan fingerprint density at radius 2 is 1.81 bits per heavy atom. The van der Waals surface area contributed by atoms with Crippen LogP contribution in [0.2, 0.25) is 0 Å². The van der Waals surface area contributed by atoms with Gasteiger partial charge >= 0.3 is 0 Å². The number of imidazole rings is 1. The van der Waals surface area contributed by atoms with Gasteiger partial charge in [0.2, 0.25) is 11.8 Å². The maximum Gasteiger partial charge on any atom is 0.266 e. The third kappa shape index (κ3) is 4.59. The number of aryl methyl sites for hydroxylation is 1.